The first kappa shape index (κ1) is 18.7. The first-order valence-electron chi connectivity index (χ1n) is 8.14. The lowest BCUT2D eigenvalue weighted by Gasteiger charge is -2.38. The maximum absolute atomic E-state index is 11.8. The van der Waals surface area contributed by atoms with Crippen molar-refractivity contribution in [2.45, 2.75) is 13.0 Å². The summed E-state index contributed by atoms with van der Waals surface area (Å²) in [4.78, 5) is 27.9. The Morgan fingerprint density at radius 1 is 1.21 bits per heavy atom. The van der Waals surface area contributed by atoms with Gasteiger partial charge >= 0.3 is 11.9 Å². The van der Waals surface area contributed by atoms with Crippen LogP contribution in [0.5, 0.6) is 0 Å². The summed E-state index contributed by atoms with van der Waals surface area (Å²) in [6, 6.07) is 7.60. The molecule has 7 heteroatoms. The molecule has 0 bridgehead atoms. The van der Waals surface area contributed by atoms with Gasteiger partial charge in [-0.15, -0.1) is 0 Å². The molecule has 132 valence electrons. The highest BCUT2D eigenvalue weighted by Crippen LogP contribution is 2.23. The fourth-order valence-electron chi connectivity index (χ4n) is 2.73. The van der Waals surface area contributed by atoms with Crippen LogP contribution in [-0.2, 0) is 14.3 Å². The quantitative estimate of drug-likeness (QED) is 0.639. The van der Waals surface area contributed by atoms with Crippen LogP contribution >= 0.6 is 11.6 Å². The van der Waals surface area contributed by atoms with Gasteiger partial charge in [0.1, 0.15) is 0 Å². The molecule has 1 unspecified atom stereocenters. The summed E-state index contributed by atoms with van der Waals surface area (Å²) in [5.41, 5.74) is 1.06. The average molecular weight is 354 g/mol. The van der Waals surface area contributed by atoms with E-state index in [0.29, 0.717) is 11.6 Å². The highest BCUT2D eigenvalue weighted by Gasteiger charge is 2.25. The van der Waals surface area contributed by atoms with Gasteiger partial charge in [-0.05, 0) is 31.7 Å². The minimum Gasteiger partial charge on any atom is -0.459 e. The van der Waals surface area contributed by atoms with Gasteiger partial charge in [-0.1, -0.05) is 23.7 Å². The summed E-state index contributed by atoms with van der Waals surface area (Å²) in [6.07, 6.45) is 0. The van der Waals surface area contributed by atoms with Crippen molar-refractivity contribution >= 4 is 23.5 Å². The highest BCUT2D eigenvalue weighted by atomic mass is 35.5. The van der Waals surface area contributed by atoms with Crippen LogP contribution in [0.25, 0.3) is 0 Å². The zero-order chi connectivity index (χ0) is 17.5. The molecule has 1 N–H and O–H groups in total. The Labute approximate surface area is 147 Å². The van der Waals surface area contributed by atoms with Gasteiger partial charge in [0, 0.05) is 37.7 Å². The summed E-state index contributed by atoms with van der Waals surface area (Å²) in [7, 11) is 2.09. The van der Waals surface area contributed by atoms with Crippen LogP contribution < -0.4 is 5.32 Å². The van der Waals surface area contributed by atoms with E-state index in [-0.39, 0.29) is 12.6 Å². The Morgan fingerprint density at radius 2 is 1.83 bits per heavy atom. The van der Waals surface area contributed by atoms with Gasteiger partial charge in [0.25, 0.3) is 0 Å². The number of hydrogen-bond donors (Lipinski definition) is 1. The summed E-state index contributed by atoms with van der Waals surface area (Å²) in [5.74, 6) is -1.55. The van der Waals surface area contributed by atoms with Gasteiger partial charge < -0.3 is 15.0 Å². The van der Waals surface area contributed by atoms with E-state index in [1.165, 1.54) is 0 Å². The summed E-state index contributed by atoms with van der Waals surface area (Å²) in [6.45, 7) is 5.95. The molecule has 2 rings (SSSR count). The van der Waals surface area contributed by atoms with Gasteiger partial charge in [-0.3, -0.25) is 9.69 Å². The van der Waals surface area contributed by atoms with Crippen molar-refractivity contribution < 1.29 is 14.3 Å². The number of ether oxygens (including phenoxy) is 1. The molecule has 1 aliphatic rings. The van der Waals surface area contributed by atoms with Crippen LogP contribution in [0.2, 0.25) is 5.02 Å². The Balaban J connectivity index is 2.06. The van der Waals surface area contributed by atoms with E-state index in [1.54, 1.807) is 6.92 Å². The number of rotatable bonds is 5. The molecule has 0 aliphatic carbocycles. The SMILES string of the molecule is CCOC(=O)C(=O)NCC(c1ccc(Cl)cc1)N1CCN(C)CC1. The third-order valence-corrected chi connectivity index (χ3v) is 4.40. The minimum atomic E-state index is -0.842. The van der Waals surface area contributed by atoms with E-state index < -0.39 is 11.9 Å². The number of amides is 1. The zero-order valence-corrected chi connectivity index (χ0v) is 14.9. The number of nitrogens with zero attached hydrogens (tertiary/aromatic N) is 2. The number of hydrogen-bond acceptors (Lipinski definition) is 5. The summed E-state index contributed by atoms with van der Waals surface area (Å²) >= 11 is 5.97. The smallest absolute Gasteiger partial charge is 0.396 e. The number of carbonyl (C=O) groups is 2. The van der Waals surface area contributed by atoms with Crippen LogP contribution in [-0.4, -0.2) is 68.1 Å². The van der Waals surface area contributed by atoms with E-state index in [1.807, 2.05) is 24.3 Å². The number of piperazine rings is 1. The van der Waals surface area contributed by atoms with Gasteiger partial charge in [-0.25, -0.2) is 4.79 Å². The van der Waals surface area contributed by atoms with Gasteiger partial charge in [-0.2, -0.15) is 0 Å². The summed E-state index contributed by atoms with van der Waals surface area (Å²) < 4.78 is 4.73. The Kier molecular flexibility index (Phi) is 7.02. The predicted octanol–water partition coefficient (Wildman–Crippen LogP) is 1.31. The lowest BCUT2D eigenvalue weighted by atomic mass is 10.0. The molecular formula is C17H24ClN3O3. The number of benzene rings is 1. The fraction of sp³-hybridized carbons (Fsp3) is 0.529. The van der Waals surface area contributed by atoms with Crippen molar-refractivity contribution in [1.82, 2.24) is 15.1 Å². The van der Waals surface area contributed by atoms with Crippen molar-refractivity contribution in [3.63, 3.8) is 0 Å². The summed E-state index contributed by atoms with van der Waals surface area (Å²) in [5, 5.41) is 3.36. The molecule has 0 saturated carbocycles. The second kappa shape index (κ2) is 9.01. The average Bonchev–Trinajstić information content (AvgIpc) is 2.58. The van der Waals surface area contributed by atoms with Crippen LogP contribution in [0.4, 0.5) is 0 Å². The van der Waals surface area contributed by atoms with Crippen molar-refractivity contribution in [1.29, 1.82) is 0 Å². The van der Waals surface area contributed by atoms with Gasteiger partial charge in [0.05, 0.1) is 12.6 Å². The van der Waals surface area contributed by atoms with Gasteiger partial charge in [0.2, 0.25) is 0 Å². The Bertz CT molecular complexity index is 557. The lowest BCUT2D eigenvalue weighted by Crippen LogP contribution is -2.49. The third kappa shape index (κ3) is 5.19. The predicted molar refractivity (Wildman–Crippen MR) is 92.9 cm³/mol. The molecule has 0 radical (unpaired) electrons. The minimum absolute atomic E-state index is 0.00524. The maximum Gasteiger partial charge on any atom is 0.396 e. The van der Waals surface area contributed by atoms with Crippen molar-refractivity contribution in [2.24, 2.45) is 0 Å². The first-order chi connectivity index (χ1) is 11.5. The number of esters is 1. The monoisotopic (exact) mass is 353 g/mol. The largest absolute Gasteiger partial charge is 0.459 e. The molecule has 6 nitrogen and oxygen atoms in total. The Hall–Kier alpha value is -1.63. The van der Waals surface area contributed by atoms with Crippen LogP contribution in [0.15, 0.2) is 24.3 Å². The lowest BCUT2D eigenvalue weighted by molar-refractivity contribution is -0.154. The molecule has 1 atom stereocenters. The molecule has 1 aromatic rings. The second-order valence-corrected chi connectivity index (χ2v) is 6.27. The first-order valence-corrected chi connectivity index (χ1v) is 8.52. The molecule has 24 heavy (non-hydrogen) atoms. The fourth-order valence-corrected chi connectivity index (χ4v) is 2.86. The molecule has 1 saturated heterocycles. The van der Waals surface area contributed by atoms with Crippen LogP contribution in [0.1, 0.15) is 18.5 Å². The van der Waals surface area contributed by atoms with Crippen molar-refractivity contribution in [3.05, 3.63) is 34.9 Å². The molecule has 1 amide bonds. The van der Waals surface area contributed by atoms with E-state index in [0.717, 1.165) is 31.7 Å². The van der Waals surface area contributed by atoms with E-state index in [4.69, 9.17) is 16.3 Å². The van der Waals surface area contributed by atoms with E-state index in [9.17, 15) is 9.59 Å². The third-order valence-electron chi connectivity index (χ3n) is 4.15. The van der Waals surface area contributed by atoms with Crippen molar-refractivity contribution in [3.8, 4) is 0 Å². The molecule has 1 heterocycles. The molecule has 0 aromatic heterocycles. The standard InChI is InChI=1S/C17H24ClN3O3/c1-3-24-17(23)16(22)19-12-15(13-4-6-14(18)7-5-13)21-10-8-20(2)9-11-21/h4-7,15H,3,8-12H2,1-2H3,(H,19,22). The van der Waals surface area contributed by atoms with E-state index in [2.05, 4.69) is 22.2 Å². The van der Waals surface area contributed by atoms with Gasteiger partial charge in [0.15, 0.2) is 0 Å². The second-order valence-electron chi connectivity index (χ2n) is 5.84. The highest BCUT2D eigenvalue weighted by molar-refractivity contribution is 6.32. The van der Waals surface area contributed by atoms with E-state index >= 15 is 0 Å². The van der Waals surface area contributed by atoms with Crippen LogP contribution in [0.3, 0.4) is 0 Å². The maximum atomic E-state index is 11.8. The Morgan fingerprint density at radius 3 is 2.42 bits per heavy atom. The normalized spacial score (nSPS) is 17.3. The number of nitrogens with one attached hydrogen (secondary N) is 1. The van der Waals surface area contributed by atoms with Crippen molar-refractivity contribution in [2.75, 3.05) is 46.4 Å². The topological polar surface area (TPSA) is 61.9 Å². The molecule has 0 spiro atoms. The molecule has 1 fully saturated rings. The van der Waals surface area contributed by atoms with Crippen LogP contribution in [0, 0.1) is 0 Å². The number of halogens is 1. The molecular weight excluding hydrogens is 330 g/mol. The molecule has 1 aliphatic heterocycles. The molecule has 1 aromatic carbocycles. The number of likely N-dealkylation sites (N-methyl/N-ethyl adjacent to an activating group) is 1. The number of carbonyl (C=O) groups excluding carboxylic acids is 2. The zero-order valence-electron chi connectivity index (χ0n) is 14.1.